The van der Waals surface area contributed by atoms with E-state index in [2.05, 4.69) is 11.4 Å². The van der Waals surface area contributed by atoms with Gasteiger partial charge in [-0.05, 0) is 43.5 Å². The van der Waals surface area contributed by atoms with E-state index < -0.39 is 9.84 Å². The fourth-order valence-corrected chi connectivity index (χ4v) is 3.00. The van der Waals surface area contributed by atoms with Crippen LogP contribution in [0.2, 0.25) is 0 Å². The molecular formula is C13H19NO2S. The minimum Gasteiger partial charge on any atom is -0.312 e. The molecule has 0 saturated carbocycles. The minimum absolute atomic E-state index is 0.151. The number of rotatable bonds is 3. The lowest BCUT2D eigenvalue weighted by molar-refractivity contribution is 0.586. The van der Waals surface area contributed by atoms with E-state index in [4.69, 9.17) is 0 Å². The standard InChI is InChI=1S/C13H19NO2S/c1-10(2)17(15,16)9-11-3-4-12-5-6-14-8-13(12)7-11/h3-4,7,10,14H,5-6,8-9H2,1-2H3. The van der Waals surface area contributed by atoms with Gasteiger partial charge in [-0.15, -0.1) is 0 Å². The first kappa shape index (κ1) is 12.6. The summed E-state index contributed by atoms with van der Waals surface area (Å²) < 4.78 is 23.7. The third-order valence-corrected chi connectivity index (χ3v) is 5.42. The summed E-state index contributed by atoms with van der Waals surface area (Å²) in [5, 5.41) is 3.00. The molecule has 0 amide bonds. The first-order valence-corrected chi connectivity index (χ1v) is 7.73. The Morgan fingerprint density at radius 3 is 2.76 bits per heavy atom. The molecule has 0 saturated heterocycles. The quantitative estimate of drug-likeness (QED) is 0.891. The molecule has 1 aliphatic heterocycles. The van der Waals surface area contributed by atoms with Gasteiger partial charge in [0.15, 0.2) is 9.84 Å². The van der Waals surface area contributed by atoms with Gasteiger partial charge < -0.3 is 5.32 Å². The molecule has 94 valence electrons. The number of benzene rings is 1. The third kappa shape index (κ3) is 2.87. The van der Waals surface area contributed by atoms with E-state index in [1.807, 2.05) is 12.1 Å². The Hall–Kier alpha value is -0.870. The number of nitrogens with one attached hydrogen (secondary N) is 1. The molecule has 0 aliphatic carbocycles. The van der Waals surface area contributed by atoms with E-state index in [9.17, 15) is 8.42 Å². The number of hydrogen-bond acceptors (Lipinski definition) is 3. The number of fused-ring (bicyclic) bond motifs is 1. The van der Waals surface area contributed by atoms with Crippen LogP contribution >= 0.6 is 0 Å². The maximum atomic E-state index is 11.9. The summed E-state index contributed by atoms with van der Waals surface area (Å²) in [6.07, 6.45) is 1.03. The molecule has 0 fully saturated rings. The van der Waals surface area contributed by atoms with Crippen LogP contribution in [0.3, 0.4) is 0 Å². The number of hydrogen-bond donors (Lipinski definition) is 1. The molecule has 1 heterocycles. The SMILES string of the molecule is CC(C)S(=O)(=O)Cc1ccc2c(c1)CNCC2. The Bertz CT molecular complexity index is 506. The lowest BCUT2D eigenvalue weighted by Gasteiger charge is -2.18. The van der Waals surface area contributed by atoms with Crippen molar-refractivity contribution >= 4 is 9.84 Å². The fourth-order valence-electron chi connectivity index (χ4n) is 2.02. The Kier molecular flexibility index (Phi) is 3.54. The largest absolute Gasteiger partial charge is 0.312 e. The van der Waals surface area contributed by atoms with Crippen LogP contribution in [0.15, 0.2) is 18.2 Å². The molecular weight excluding hydrogens is 234 g/mol. The predicted octanol–water partition coefficient (Wildman–Crippen LogP) is 1.66. The molecule has 1 N–H and O–H groups in total. The maximum Gasteiger partial charge on any atom is 0.156 e. The molecule has 17 heavy (non-hydrogen) atoms. The second-order valence-corrected chi connectivity index (χ2v) is 7.44. The smallest absolute Gasteiger partial charge is 0.156 e. The van der Waals surface area contributed by atoms with Crippen molar-refractivity contribution in [2.45, 2.75) is 37.8 Å². The molecule has 2 rings (SSSR count). The molecule has 0 spiro atoms. The monoisotopic (exact) mass is 253 g/mol. The average molecular weight is 253 g/mol. The molecule has 0 radical (unpaired) electrons. The molecule has 3 nitrogen and oxygen atoms in total. The maximum absolute atomic E-state index is 11.9. The minimum atomic E-state index is -3.00. The zero-order valence-electron chi connectivity index (χ0n) is 10.4. The molecule has 4 heteroatoms. The van der Waals surface area contributed by atoms with Gasteiger partial charge >= 0.3 is 0 Å². The topological polar surface area (TPSA) is 46.2 Å². The first-order valence-electron chi connectivity index (χ1n) is 6.02. The Morgan fingerprint density at radius 2 is 2.06 bits per heavy atom. The van der Waals surface area contributed by atoms with Crippen molar-refractivity contribution in [2.75, 3.05) is 6.54 Å². The van der Waals surface area contributed by atoms with E-state index in [1.165, 1.54) is 11.1 Å². The van der Waals surface area contributed by atoms with Crippen LogP contribution in [0.5, 0.6) is 0 Å². The van der Waals surface area contributed by atoms with Crippen LogP contribution in [0, 0.1) is 0 Å². The normalized spacial score (nSPS) is 15.9. The molecule has 0 unspecified atom stereocenters. The Morgan fingerprint density at radius 1 is 1.29 bits per heavy atom. The van der Waals surface area contributed by atoms with Gasteiger partial charge in [0.1, 0.15) is 0 Å². The summed E-state index contributed by atoms with van der Waals surface area (Å²) in [6, 6.07) is 6.05. The summed E-state index contributed by atoms with van der Waals surface area (Å²) in [5.74, 6) is 0.151. The van der Waals surface area contributed by atoms with E-state index in [1.54, 1.807) is 13.8 Å². The predicted molar refractivity (Wildman–Crippen MR) is 69.6 cm³/mol. The Balaban J connectivity index is 2.23. The zero-order chi connectivity index (χ0) is 12.5. The van der Waals surface area contributed by atoms with Crippen LogP contribution in [-0.4, -0.2) is 20.2 Å². The van der Waals surface area contributed by atoms with Crippen LogP contribution in [-0.2, 0) is 28.6 Å². The van der Waals surface area contributed by atoms with Gasteiger partial charge in [-0.3, -0.25) is 0 Å². The molecule has 0 aromatic heterocycles. The van der Waals surface area contributed by atoms with Crippen molar-refractivity contribution in [1.82, 2.24) is 5.32 Å². The van der Waals surface area contributed by atoms with E-state index >= 15 is 0 Å². The van der Waals surface area contributed by atoms with Crippen molar-refractivity contribution in [1.29, 1.82) is 0 Å². The number of sulfone groups is 1. The second kappa shape index (κ2) is 4.78. The van der Waals surface area contributed by atoms with E-state index in [-0.39, 0.29) is 11.0 Å². The van der Waals surface area contributed by atoms with Crippen LogP contribution < -0.4 is 5.32 Å². The van der Waals surface area contributed by atoms with Crippen molar-refractivity contribution in [3.05, 3.63) is 34.9 Å². The third-order valence-electron chi connectivity index (χ3n) is 3.24. The fraction of sp³-hybridized carbons (Fsp3) is 0.538. The highest BCUT2D eigenvalue weighted by Gasteiger charge is 2.18. The van der Waals surface area contributed by atoms with Crippen LogP contribution in [0.1, 0.15) is 30.5 Å². The van der Waals surface area contributed by atoms with Gasteiger partial charge in [-0.25, -0.2) is 8.42 Å². The van der Waals surface area contributed by atoms with Gasteiger partial charge in [-0.1, -0.05) is 18.2 Å². The first-order chi connectivity index (χ1) is 7.99. The van der Waals surface area contributed by atoms with Crippen molar-refractivity contribution in [2.24, 2.45) is 0 Å². The summed E-state index contributed by atoms with van der Waals surface area (Å²) >= 11 is 0. The van der Waals surface area contributed by atoms with Gasteiger partial charge in [-0.2, -0.15) is 0 Å². The van der Waals surface area contributed by atoms with Crippen molar-refractivity contribution in [3.63, 3.8) is 0 Å². The van der Waals surface area contributed by atoms with Crippen molar-refractivity contribution in [3.8, 4) is 0 Å². The summed E-state index contributed by atoms with van der Waals surface area (Å²) in [6.45, 7) is 5.33. The highest BCUT2D eigenvalue weighted by atomic mass is 32.2. The van der Waals surface area contributed by atoms with Gasteiger partial charge in [0, 0.05) is 6.54 Å². The molecule has 0 atom stereocenters. The average Bonchev–Trinajstić information content (AvgIpc) is 2.28. The lowest BCUT2D eigenvalue weighted by atomic mass is 9.99. The van der Waals surface area contributed by atoms with Gasteiger partial charge in [0.25, 0.3) is 0 Å². The van der Waals surface area contributed by atoms with E-state index in [0.717, 1.165) is 25.1 Å². The summed E-state index contributed by atoms with van der Waals surface area (Å²) in [7, 11) is -3.00. The molecule has 0 bridgehead atoms. The van der Waals surface area contributed by atoms with Gasteiger partial charge in [0.2, 0.25) is 0 Å². The van der Waals surface area contributed by atoms with Crippen LogP contribution in [0.25, 0.3) is 0 Å². The highest BCUT2D eigenvalue weighted by molar-refractivity contribution is 7.91. The van der Waals surface area contributed by atoms with Crippen molar-refractivity contribution < 1.29 is 8.42 Å². The molecule has 1 aliphatic rings. The highest BCUT2D eigenvalue weighted by Crippen LogP contribution is 2.18. The zero-order valence-corrected chi connectivity index (χ0v) is 11.2. The summed E-state index contributed by atoms with van der Waals surface area (Å²) in [5.41, 5.74) is 3.49. The van der Waals surface area contributed by atoms with E-state index in [0.29, 0.717) is 0 Å². The van der Waals surface area contributed by atoms with Gasteiger partial charge in [0.05, 0.1) is 11.0 Å². The molecule has 1 aromatic carbocycles. The second-order valence-electron chi connectivity index (χ2n) is 4.89. The summed E-state index contributed by atoms with van der Waals surface area (Å²) in [4.78, 5) is 0. The Labute approximate surface area is 103 Å². The molecule has 1 aromatic rings. The lowest BCUT2D eigenvalue weighted by Crippen LogP contribution is -2.24. The van der Waals surface area contributed by atoms with Crippen LogP contribution in [0.4, 0.5) is 0 Å².